The molecule has 0 aliphatic carbocycles. The summed E-state index contributed by atoms with van der Waals surface area (Å²) >= 11 is 0. The minimum atomic E-state index is -0.786. The molecule has 0 bridgehead atoms. The molecule has 0 aromatic rings. The number of unbranched alkanes of at least 4 members (excludes halogenated alkanes) is 27. The molecule has 396 valence electrons. The SMILES string of the molecule is CC/C=C\C/C=C\C/C=C\C/C=C\C/C=C\CCCCCCCC(=O)OCC(COC(=O)CCCCCCCCCCCCC)OC(=O)CCCCCCCCCCC/C=C\C/C=C\CCCCC. The number of carbonyl (C=O) groups excluding carboxylic acids is 3. The maximum atomic E-state index is 12.9. The van der Waals surface area contributed by atoms with E-state index in [0.29, 0.717) is 19.3 Å². The predicted molar refractivity (Wildman–Crippen MR) is 297 cm³/mol. The third-order valence-electron chi connectivity index (χ3n) is 12.4. The first-order valence-electron chi connectivity index (χ1n) is 29.1. The molecule has 0 radical (unpaired) electrons. The maximum Gasteiger partial charge on any atom is 0.306 e. The van der Waals surface area contributed by atoms with Gasteiger partial charge in [-0.1, -0.05) is 247 Å². The van der Waals surface area contributed by atoms with Crippen LogP contribution in [0.1, 0.15) is 278 Å². The van der Waals surface area contributed by atoms with Gasteiger partial charge in [-0.05, 0) is 96.3 Å². The van der Waals surface area contributed by atoms with Gasteiger partial charge < -0.3 is 14.2 Å². The van der Waals surface area contributed by atoms with Gasteiger partial charge in [0, 0.05) is 19.3 Å². The van der Waals surface area contributed by atoms with Gasteiger partial charge >= 0.3 is 17.9 Å². The molecule has 1 atom stereocenters. The third-order valence-corrected chi connectivity index (χ3v) is 12.4. The van der Waals surface area contributed by atoms with E-state index in [2.05, 4.69) is 106 Å². The molecule has 0 saturated carbocycles. The van der Waals surface area contributed by atoms with Gasteiger partial charge in [-0.3, -0.25) is 14.4 Å². The van der Waals surface area contributed by atoms with Crippen molar-refractivity contribution in [3.63, 3.8) is 0 Å². The van der Waals surface area contributed by atoms with Crippen molar-refractivity contribution in [2.75, 3.05) is 13.2 Å². The van der Waals surface area contributed by atoms with Crippen LogP contribution in [-0.2, 0) is 28.6 Å². The molecule has 6 heteroatoms. The second kappa shape index (κ2) is 57.2. The average molecular weight is 962 g/mol. The fourth-order valence-electron chi connectivity index (χ4n) is 8.03. The van der Waals surface area contributed by atoms with Crippen molar-refractivity contribution in [1.29, 1.82) is 0 Å². The first-order chi connectivity index (χ1) is 34.0. The van der Waals surface area contributed by atoms with Gasteiger partial charge in [-0.15, -0.1) is 0 Å². The minimum absolute atomic E-state index is 0.0827. The zero-order chi connectivity index (χ0) is 50.0. The van der Waals surface area contributed by atoms with E-state index in [-0.39, 0.29) is 31.1 Å². The van der Waals surface area contributed by atoms with Gasteiger partial charge in [-0.2, -0.15) is 0 Å². The Morgan fingerprint density at radius 1 is 0.304 bits per heavy atom. The molecule has 0 rings (SSSR count). The third kappa shape index (κ3) is 55.4. The van der Waals surface area contributed by atoms with Crippen LogP contribution in [0.4, 0.5) is 0 Å². The highest BCUT2D eigenvalue weighted by Gasteiger charge is 2.19. The second-order valence-corrected chi connectivity index (χ2v) is 19.2. The van der Waals surface area contributed by atoms with E-state index in [4.69, 9.17) is 14.2 Å². The molecule has 0 spiro atoms. The van der Waals surface area contributed by atoms with Crippen LogP contribution in [0.5, 0.6) is 0 Å². The molecular weight excluding hydrogens is 853 g/mol. The smallest absolute Gasteiger partial charge is 0.306 e. The van der Waals surface area contributed by atoms with Crippen molar-refractivity contribution < 1.29 is 28.6 Å². The summed E-state index contributed by atoms with van der Waals surface area (Å²) < 4.78 is 16.9. The molecule has 0 aromatic carbocycles. The Hall–Kier alpha value is -3.41. The van der Waals surface area contributed by atoms with Crippen LogP contribution in [0.3, 0.4) is 0 Å². The highest BCUT2D eigenvalue weighted by Crippen LogP contribution is 2.15. The normalized spacial score (nSPS) is 12.7. The summed E-state index contributed by atoms with van der Waals surface area (Å²) in [6, 6.07) is 0. The summed E-state index contributed by atoms with van der Waals surface area (Å²) in [6.45, 7) is 6.49. The zero-order valence-corrected chi connectivity index (χ0v) is 45.3. The lowest BCUT2D eigenvalue weighted by atomic mass is 10.1. The van der Waals surface area contributed by atoms with Crippen molar-refractivity contribution in [2.24, 2.45) is 0 Å². The lowest BCUT2D eigenvalue weighted by Crippen LogP contribution is -2.30. The van der Waals surface area contributed by atoms with Crippen LogP contribution < -0.4 is 0 Å². The first kappa shape index (κ1) is 65.6. The zero-order valence-electron chi connectivity index (χ0n) is 45.3. The Kier molecular flexibility index (Phi) is 54.3. The number of carbonyl (C=O) groups is 3. The summed E-state index contributed by atoms with van der Waals surface area (Å²) in [5.41, 5.74) is 0. The molecule has 6 nitrogen and oxygen atoms in total. The predicted octanol–water partition coefficient (Wildman–Crippen LogP) is 19.5. The monoisotopic (exact) mass is 961 g/mol. The van der Waals surface area contributed by atoms with Gasteiger partial charge in [0.25, 0.3) is 0 Å². The summed E-state index contributed by atoms with van der Waals surface area (Å²) in [5, 5.41) is 0. The van der Waals surface area contributed by atoms with E-state index in [1.165, 1.54) is 122 Å². The second-order valence-electron chi connectivity index (χ2n) is 19.2. The molecule has 0 aromatic heterocycles. The Labute approximate surface area is 426 Å². The highest BCUT2D eigenvalue weighted by molar-refractivity contribution is 5.71. The lowest BCUT2D eigenvalue weighted by Gasteiger charge is -2.18. The maximum absolute atomic E-state index is 12.9. The van der Waals surface area contributed by atoms with Crippen molar-refractivity contribution in [3.8, 4) is 0 Å². The lowest BCUT2D eigenvalue weighted by molar-refractivity contribution is -0.167. The Balaban J connectivity index is 4.37. The van der Waals surface area contributed by atoms with Gasteiger partial charge in [0.1, 0.15) is 13.2 Å². The molecule has 0 aliphatic rings. The number of hydrogen-bond acceptors (Lipinski definition) is 6. The summed E-state index contributed by atoms with van der Waals surface area (Å²) in [4.78, 5) is 38.1. The van der Waals surface area contributed by atoms with Crippen LogP contribution in [0.25, 0.3) is 0 Å². The molecular formula is C63H108O6. The van der Waals surface area contributed by atoms with E-state index in [0.717, 1.165) is 116 Å². The molecule has 69 heavy (non-hydrogen) atoms. The van der Waals surface area contributed by atoms with Crippen molar-refractivity contribution in [1.82, 2.24) is 0 Å². The largest absolute Gasteiger partial charge is 0.462 e. The van der Waals surface area contributed by atoms with Crippen LogP contribution in [0.2, 0.25) is 0 Å². The van der Waals surface area contributed by atoms with Crippen molar-refractivity contribution in [2.45, 2.75) is 284 Å². The standard InChI is InChI=1S/C63H108O6/c1-4-7-10-13-16-19-22-24-26-28-30-31-33-34-36-38-41-44-47-50-53-56-62(65)68-59-60(58-67-61(64)55-52-49-46-43-40-21-18-15-12-9-6-3)69-63(66)57-54-51-48-45-42-39-37-35-32-29-27-25-23-20-17-14-11-8-5-2/h7,10,16-17,19-20,24-27,30-31,34,36,60H,4-6,8-9,11-15,18,21-23,28-29,32-33,35,37-59H2,1-3H3/b10-7-,19-16-,20-17-,26-24-,27-25-,31-30-,36-34-. The van der Waals surface area contributed by atoms with Crippen LogP contribution in [-0.4, -0.2) is 37.2 Å². The quantitative estimate of drug-likeness (QED) is 0.0262. The fourth-order valence-corrected chi connectivity index (χ4v) is 8.03. The van der Waals surface area contributed by atoms with Crippen molar-refractivity contribution >= 4 is 17.9 Å². The highest BCUT2D eigenvalue weighted by atomic mass is 16.6. The van der Waals surface area contributed by atoms with E-state index >= 15 is 0 Å². The first-order valence-corrected chi connectivity index (χ1v) is 29.1. The van der Waals surface area contributed by atoms with Gasteiger partial charge in [0.15, 0.2) is 6.10 Å². The van der Waals surface area contributed by atoms with Gasteiger partial charge in [0.05, 0.1) is 0 Å². The van der Waals surface area contributed by atoms with E-state index in [9.17, 15) is 14.4 Å². The van der Waals surface area contributed by atoms with E-state index in [1.54, 1.807) is 0 Å². The van der Waals surface area contributed by atoms with Crippen LogP contribution >= 0.6 is 0 Å². The Morgan fingerprint density at radius 2 is 0.565 bits per heavy atom. The van der Waals surface area contributed by atoms with Crippen molar-refractivity contribution in [3.05, 3.63) is 85.1 Å². The molecule has 0 fully saturated rings. The summed E-state index contributed by atoms with van der Waals surface area (Å²) in [7, 11) is 0. The number of hydrogen-bond donors (Lipinski definition) is 0. The minimum Gasteiger partial charge on any atom is -0.462 e. The molecule has 0 aliphatic heterocycles. The summed E-state index contributed by atoms with van der Waals surface area (Å²) in [5.74, 6) is -0.901. The molecule has 0 saturated heterocycles. The van der Waals surface area contributed by atoms with Gasteiger partial charge in [0.2, 0.25) is 0 Å². The number of esters is 3. The Bertz CT molecular complexity index is 1330. The molecule has 0 amide bonds. The number of ether oxygens (including phenoxy) is 3. The number of allylic oxidation sites excluding steroid dienone is 14. The molecule has 0 N–H and O–H groups in total. The van der Waals surface area contributed by atoms with E-state index in [1.807, 2.05) is 0 Å². The van der Waals surface area contributed by atoms with Crippen LogP contribution in [0, 0.1) is 0 Å². The number of rotatable bonds is 52. The Morgan fingerprint density at radius 3 is 0.913 bits per heavy atom. The van der Waals surface area contributed by atoms with Gasteiger partial charge in [-0.25, -0.2) is 0 Å². The van der Waals surface area contributed by atoms with Crippen LogP contribution in [0.15, 0.2) is 85.1 Å². The molecule has 1 unspecified atom stereocenters. The van der Waals surface area contributed by atoms with E-state index < -0.39 is 6.10 Å². The molecule has 0 heterocycles. The average Bonchev–Trinajstić information content (AvgIpc) is 3.35. The topological polar surface area (TPSA) is 78.9 Å². The summed E-state index contributed by atoms with van der Waals surface area (Å²) in [6.07, 6.45) is 74.3. The fraction of sp³-hybridized carbons (Fsp3) is 0.730.